The first-order chi connectivity index (χ1) is 9.11. The lowest BCUT2D eigenvalue weighted by Crippen LogP contribution is -2.13. The average molecular weight is 275 g/mol. The highest BCUT2D eigenvalue weighted by molar-refractivity contribution is 8.04. The zero-order valence-electron chi connectivity index (χ0n) is 9.64. The highest BCUT2D eigenvalue weighted by atomic mass is 32.2. The molecular formula is C12H9N3O3S. The summed E-state index contributed by atoms with van der Waals surface area (Å²) in [5, 5.41) is 12.4. The molecule has 0 spiro atoms. The average Bonchev–Trinajstić information content (AvgIpc) is 2.94. The maximum atomic E-state index is 11.1. The summed E-state index contributed by atoms with van der Waals surface area (Å²) in [7, 11) is 0. The van der Waals surface area contributed by atoms with E-state index in [9.17, 15) is 9.59 Å². The van der Waals surface area contributed by atoms with Crippen LogP contribution in [0, 0.1) is 0 Å². The van der Waals surface area contributed by atoms with Gasteiger partial charge in [0.2, 0.25) is 5.91 Å². The molecule has 96 valence electrons. The van der Waals surface area contributed by atoms with Crippen LogP contribution < -0.4 is 5.32 Å². The number of H-pyrrole nitrogens is 1. The van der Waals surface area contributed by atoms with Crippen LogP contribution in [0.5, 0.6) is 0 Å². The molecule has 0 radical (unpaired) electrons. The molecule has 2 heterocycles. The Kier molecular flexibility index (Phi) is 2.75. The number of imidazole rings is 1. The molecule has 1 saturated heterocycles. The molecular weight excluding hydrogens is 266 g/mol. The first-order valence-electron chi connectivity index (χ1n) is 5.49. The van der Waals surface area contributed by atoms with E-state index >= 15 is 0 Å². The van der Waals surface area contributed by atoms with Gasteiger partial charge in [0.25, 0.3) is 0 Å². The number of carboxylic acid groups (broad SMARTS) is 1. The fourth-order valence-corrected chi connectivity index (χ4v) is 2.53. The van der Waals surface area contributed by atoms with E-state index in [4.69, 9.17) is 5.11 Å². The lowest BCUT2D eigenvalue weighted by molar-refractivity contribution is -0.117. The number of aromatic carboxylic acids is 1. The van der Waals surface area contributed by atoms with Crippen molar-refractivity contribution < 1.29 is 14.7 Å². The van der Waals surface area contributed by atoms with Gasteiger partial charge in [-0.1, -0.05) is 11.8 Å². The van der Waals surface area contributed by atoms with Crippen LogP contribution in [-0.2, 0) is 4.79 Å². The van der Waals surface area contributed by atoms with Crippen LogP contribution in [0.3, 0.4) is 0 Å². The van der Waals surface area contributed by atoms with Gasteiger partial charge in [0.15, 0.2) is 0 Å². The van der Waals surface area contributed by atoms with Gasteiger partial charge < -0.3 is 15.4 Å². The van der Waals surface area contributed by atoms with Crippen molar-refractivity contribution in [3.8, 4) is 0 Å². The van der Waals surface area contributed by atoms with Gasteiger partial charge in [0.05, 0.1) is 27.4 Å². The predicted molar refractivity (Wildman–Crippen MR) is 71.6 cm³/mol. The van der Waals surface area contributed by atoms with E-state index in [-0.39, 0.29) is 11.5 Å². The highest BCUT2D eigenvalue weighted by Crippen LogP contribution is 2.22. The summed E-state index contributed by atoms with van der Waals surface area (Å²) in [6, 6.07) is 4.69. The molecule has 1 amide bonds. The standard InChI is InChI=1S/C12H9N3O3S/c16-10-5-19-11(15-10)4-9-13-7-2-1-6(12(17)18)3-8(7)14-9/h1-4H,5H2,(H,13,14)(H,15,16)(H,17,18)/b11-4+. The minimum absolute atomic E-state index is 0.0273. The van der Waals surface area contributed by atoms with Crippen LogP contribution in [0.15, 0.2) is 23.2 Å². The van der Waals surface area contributed by atoms with Gasteiger partial charge >= 0.3 is 5.97 Å². The Morgan fingerprint density at radius 1 is 1.47 bits per heavy atom. The van der Waals surface area contributed by atoms with E-state index in [2.05, 4.69) is 15.3 Å². The molecule has 19 heavy (non-hydrogen) atoms. The number of amides is 1. The second-order valence-electron chi connectivity index (χ2n) is 4.00. The number of benzene rings is 1. The zero-order valence-corrected chi connectivity index (χ0v) is 10.5. The van der Waals surface area contributed by atoms with E-state index in [1.807, 2.05) is 0 Å². The van der Waals surface area contributed by atoms with Gasteiger partial charge in [0, 0.05) is 6.08 Å². The monoisotopic (exact) mass is 275 g/mol. The normalized spacial score (nSPS) is 17.1. The Morgan fingerprint density at radius 2 is 2.32 bits per heavy atom. The van der Waals surface area contributed by atoms with Gasteiger partial charge in [-0.3, -0.25) is 4.79 Å². The highest BCUT2D eigenvalue weighted by Gasteiger charge is 2.15. The topological polar surface area (TPSA) is 95.1 Å². The van der Waals surface area contributed by atoms with Crippen LogP contribution in [0.25, 0.3) is 17.1 Å². The fraction of sp³-hybridized carbons (Fsp3) is 0.0833. The lowest BCUT2D eigenvalue weighted by Gasteiger charge is -1.92. The summed E-state index contributed by atoms with van der Waals surface area (Å²) in [5.41, 5.74) is 1.55. The third kappa shape index (κ3) is 2.32. The number of nitrogens with one attached hydrogen (secondary N) is 2. The van der Waals surface area contributed by atoms with E-state index in [0.29, 0.717) is 22.6 Å². The van der Waals surface area contributed by atoms with Crippen molar-refractivity contribution in [2.75, 3.05) is 5.75 Å². The number of hydrogen-bond donors (Lipinski definition) is 3. The molecule has 1 aliphatic heterocycles. The summed E-state index contributed by atoms with van der Waals surface area (Å²) in [6.07, 6.45) is 1.73. The third-order valence-electron chi connectivity index (χ3n) is 2.64. The van der Waals surface area contributed by atoms with E-state index in [1.54, 1.807) is 12.1 Å². The van der Waals surface area contributed by atoms with Crippen LogP contribution in [0.4, 0.5) is 0 Å². The molecule has 0 bridgehead atoms. The van der Waals surface area contributed by atoms with Crippen molar-refractivity contribution in [2.45, 2.75) is 0 Å². The second kappa shape index (κ2) is 4.43. The van der Waals surface area contributed by atoms with Crippen LogP contribution in [-0.4, -0.2) is 32.7 Å². The number of carbonyl (C=O) groups is 2. The van der Waals surface area contributed by atoms with Crippen molar-refractivity contribution in [1.29, 1.82) is 0 Å². The number of rotatable bonds is 2. The van der Waals surface area contributed by atoms with Crippen molar-refractivity contribution in [2.24, 2.45) is 0 Å². The number of nitrogens with zero attached hydrogens (tertiary/aromatic N) is 1. The van der Waals surface area contributed by atoms with Crippen LogP contribution in [0.1, 0.15) is 16.2 Å². The van der Waals surface area contributed by atoms with Gasteiger partial charge in [-0.25, -0.2) is 9.78 Å². The fourth-order valence-electron chi connectivity index (χ4n) is 1.79. The third-order valence-corrected chi connectivity index (χ3v) is 3.57. The molecule has 0 aliphatic carbocycles. The molecule has 1 aliphatic rings. The van der Waals surface area contributed by atoms with Crippen molar-refractivity contribution in [3.63, 3.8) is 0 Å². The first kappa shape index (κ1) is 11.8. The molecule has 1 aromatic carbocycles. The zero-order chi connectivity index (χ0) is 13.4. The van der Waals surface area contributed by atoms with Gasteiger partial charge in [-0.15, -0.1) is 0 Å². The molecule has 6 nitrogen and oxygen atoms in total. The summed E-state index contributed by atoms with van der Waals surface area (Å²) >= 11 is 1.41. The number of carbonyl (C=O) groups excluding carboxylic acids is 1. The molecule has 2 aromatic rings. The second-order valence-corrected chi connectivity index (χ2v) is 5.02. The summed E-state index contributed by atoms with van der Waals surface area (Å²) in [5.74, 6) is -0.00679. The molecule has 3 rings (SSSR count). The summed E-state index contributed by atoms with van der Waals surface area (Å²) < 4.78 is 0. The Balaban J connectivity index is 1.97. The van der Waals surface area contributed by atoms with E-state index < -0.39 is 5.97 Å². The minimum Gasteiger partial charge on any atom is -0.478 e. The molecule has 0 atom stereocenters. The molecule has 0 unspecified atom stereocenters. The van der Waals surface area contributed by atoms with Crippen molar-refractivity contribution in [1.82, 2.24) is 15.3 Å². The molecule has 3 N–H and O–H groups in total. The maximum Gasteiger partial charge on any atom is 0.335 e. The van der Waals surface area contributed by atoms with Gasteiger partial charge in [0.1, 0.15) is 5.82 Å². The summed E-state index contributed by atoms with van der Waals surface area (Å²) in [6.45, 7) is 0. The molecule has 1 aromatic heterocycles. The number of carboxylic acids is 1. The van der Waals surface area contributed by atoms with Crippen LogP contribution in [0.2, 0.25) is 0 Å². The lowest BCUT2D eigenvalue weighted by atomic mass is 10.2. The van der Waals surface area contributed by atoms with E-state index in [0.717, 1.165) is 5.03 Å². The summed E-state index contributed by atoms with van der Waals surface area (Å²) in [4.78, 5) is 29.3. The number of aromatic amines is 1. The van der Waals surface area contributed by atoms with Gasteiger partial charge in [-0.2, -0.15) is 0 Å². The van der Waals surface area contributed by atoms with Crippen LogP contribution >= 0.6 is 11.8 Å². The Bertz CT molecular complexity index is 720. The number of aromatic nitrogens is 2. The number of thioether (sulfide) groups is 1. The Hall–Kier alpha value is -2.28. The Morgan fingerprint density at radius 3 is 3.00 bits per heavy atom. The molecule has 0 saturated carbocycles. The molecule has 7 heteroatoms. The smallest absolute Gasteiger partial charge is 0.335 e. The predicted octanol–water partition coefficient (Wildman–Crippen LogP) is 1.42. The Labute approximate surface area is 111 Å². The molecule has 1 fully saturated rings. The quantitative estimate of drug-likeness (QED) is 0.770. The maximum absolute atomic E-state index is 11.1. The SMILES string of the molecule is O=C1CS/C(=C/c2nc3ccc(C(=O)O)cc3[nH]2)N1. The number of fused-ring (bicyclic) bond motifs is 1. The minimum atomic E-state index is -0.977. The van der Waals surface area contributed by atoms with E-state index in [1.165, 1.54) is 23.9 Å². The van der Waals surface area contributed by atoms with Crippen molar-refractivity contribution in [3.05, 3.63) is 34.6 Å². The van der Waals surface area contributed by atoms with Gasteiger partial charge in [-0.05, 0) is 18.2 Å². The largest absolute Gasteiger partial charge is 0.478 e. The first-order valence-corrected chi connectivity index (χ1v) is 6.48. The van der Waals surface area contributed by atoms with Crippen molar-refractivity contribution >= 4 is 40.7 Å². The number of hydrogen-bond acceptors (Lipinski definition) is 4.